The third-order valence-electron chi connectivity index (χ3n) is 3.90. The number of hydrogen-bond donors (Lipinski definition) is 2. The summed E-state index contributed by atoms with van der Waals surface area (Å²) >= 11 is 12.1. The minimum absolute atomic E-state index is 0.0119. The molecule has 0 amide bonds. The Hall–Kier alpha value is -0.370. The highest BCUT2D eigenvalue weighted by atomic mass is 35.5. The first-order valence-electron chi connectivity index (χ1n) is 7.57. The van der Waals surface area contributed by atoms with Gasteiger partial charge in [0.2, 0.25) is 10.0 Å². The van der Waals surface area contributed by atoms with Gasteiger partial charge in [0.25, 0.3) is 0 Å². The number of halogens is 2. The Kier molecular flexibility index (Phi) is 6.71. The Balaban J connectivity index is 2.18. The maximum absolute atomic E-state index is 12.0. The van der Waals surface area contributed by atoms with Crippen LogP contribution in [0, 0.1) is 0 Å². The Labute approximate surface area is 147 Å². The average Bonchev–Trinajstić information content (AvgIpc) is 2.73. The van der Waals surface area contributed by atoms with Gasteiger partial charge in [-0.25, -0.2) is 13.1 Å². The molecular weight excluding hydrogens is 359 g/mol. The second kappa shape index (κ2) is 8.14. The molecule has 0 aromatic heterocycles. The van der Waals surface area contributed by atoms with Crippen LogP contribution >= 0.6 is 23.2 Å². The van der Waals surface area contributed by atoms with Crippen molar-refractivity contribution in [2.45, 2.75) is 31.1 Å². The standard InChI is InChI=1S/C15H22Cl2N2O3S/c1-10(2)23(20,21)19-9-15-12(8-18-5-6-22-15)11-3-4-13(16)14(17)7-11/h3-4,7,10,12,15,18-19H,5-6,8-9H2,1-2H3/t12-,15+/m0/s1. The normalized spacial score (nSPS) is 23.0. The van der Waals surface area contributed by atoms with Gasteiger partial charge in [0.1, 0.15) is 0 Å². The Bertz CT molecular complexity index is 638. The zero-order valence-corrected chi connectivity index (χ0v) is 15.5. The molecule has 0 radical (unpaired) electrons. The fourth-order valence-corrected chi connectivity index (χ4v) is 3.47. The van der Waals surface area contributed by atoms with Gasteiger partial charge in [-0.3, -0.25) is 0 Å². The van der Waals surface area contributed by atoms with Gasteiger partial charge in [-0.2, -0.15) is 0 Å². The third-order valence-corrected chi connectivity index (χ3v) is 6.45. The van der Waals surface area contributed by atoms with Gasteiger partial charge in [-0.1, -0.05) is 29.3 Å². The lowest BCUT2D eigenvalue weighted by Crippen LogP contribution is -2.40. The van der Waals surface area contributed by atoms with E-state index >= 15 is 0 Å². The van der Waals surface area contributed by atoms with E-state index in [4.69, 9.17) is 27.9 Å². The van der Waals surface area contributed by atoms with Gasteiger partial charge in [0.15, 0.2) is 0 Å². The molecule has 1 fully saturated rings. The highest BCUT2D eigenvalue weighted by Crippen LogP contribution is 2.29. The minimum Gasteiger partial charge on any atom is -0.375 e. The van der Waals surface area contributed by atoms with Crippen LogP contribution in [-0.2, 0) is 14.8 Å². The van der Waals surface area contributed by atoms with Crippen molar-refractivity contribution in [3.8, 4) is 0 Å². The number of ether oxygens (including phenoxy) is 1. The molecule has 1 aliphatic rings. The highest BCUT2D eigenvalue weighted by Gasteiger charge is 2.28. The molecule has 0 spiro atoms. The van der Waals surface area contributed by atoms with E-state index < -0.39 is 15.3 Å². The first kappa shape index (κ1) is 19.0. The summed E-state index contributed by atoms with van der Waals surface area (Å²) in [6, 6.07) is 5.47. The van der Waals surface area contributed by atoms with E-state index in [1.807, 2.05) is 12.1 Å². The van der Waals surface area contributed by atoms with E-state index in [9.17, 15) is 8.42 Å². The summed E-state index contributed by atoms with van der Waals surface area (Å²) in [4.78, 5) is 0. The van der Waals surface area contributed by atoms with Crippen LogP contribution in [0.15, 0.2) is 18.2 Å². The molecule has 1 aromatic carbocycles. The largest absolute Gasteiger partial charge is 0.375 e. The number of sulfonamides is 1. The molecule has 1 aliphatic heterocycles. The summed E-state index contributed by atoms with van der Waals surface area (Å²) in [5.74, 6) is -0.0119. The molecule has 2 rings (SSSR count). The van der Waals surface area contributed by atoms with Crippen molar-refractivity contribution >= 4 is 33.2 Å². The molecule has 1 heterocycles. The lowest BCUT2D eigenvalue weighted by Gasteiger charge is -2.26. The summed E-state index contributed by atoms with van der Waals surface area (Å²) in [5.41, 5.74) is 0.975. The fourth-order valence-electron chi connectivity index (χ4n) is 2.43. The molecule has 2 N–H and O–H groups in total. The van der Waals surface area contributed by atoms with Crippen LogP contribution in [0.5, 0.6) is 0 Å². The topological polar surface area (TPSA) is 67.4 Å². The van der Waals surface area contributed by atoms with Crippen molar-refractivity contribution < 1.29 is 13.2 Å². The number of nitrogens with one attached hydrogen (secondary N) is 2. The Morgan fingerprint density at radius 1 is 1.35 bits per heavy atom. The zero-order chi connectivity index (χ0) is 17.0. The number of rotatable bonds is 5. The highest BCUT2D eigenvalue weighted by molar-refractivity contribution is 7.90. The summed E-state index contributed by atoms with van der Waals surface area (Å²) in [6.07, 6.45) is -0.268. The lowest BCUT2D eigenvalue weighted by molar-refractivity contribution is 0.0559. The number of hydrogen-bond acceptors (Lipinski definition) is 4. The second-order valence-corrected chi connectivity index (χ2v) is 8.97. The van der Waals surface area contributed by atoms with Crippen LogP contribution in [-0.4, -0.2) is 46.0 Å². The molecule has 2 atom stereocenters. The fraction of sp³-hybridized carbons (Fsp3) is 0.600. The van der Waals surface area contributed by atoms with Gasteiger partial charge in [-0.15, -0.1) is 0 Å². The van der Waals surface area contributed by atoms with Gasteiger partial charge < -0.3 is 10.1 Å². The van der Waals surface area contributed by atoms with E-state index in [-0.39, 0.29) is 18.6 Å². The molecule has 8 heteroatoms. The molecule has 23 heavy (non-hydrogen) atoms. The third kappa shape index (κ3) is 5.05. The Morgan fingerprint density at radius 2 is 2.09 bits per heavy atom. The van der Waals surface area contributed by atoms with Crippen LogP contribution < -0.4 is 10.0 Å². The van der Waals surface area contributed by atoms with Gasteiger partial charge in [-0.05, 0) is 31.5 Å². The SMILES string of the molecule is CC(C)S(=O)(=O)NC[C@H]1OCCNC[C@H]1c1ccc(Cl)c(Cl)c1. The predicted molar refractivity (Wildman–Crippen MR) is 93.9 cm³/mol. The molecule has 5 nitrogen and oxygen atoms in total. The zero-order valence-electron chi connectivity index (χ0n) is 13.2. The molecule has 0 unspecified atom stereocenters. The molecule has 0 saturated carbocycles. The summed E-state index contributed by atoms with van der Waals surface area (Å²) in [6.45, 7) is 5.47. The van der Waals surface area contributed by atoms with E-state index in [1.165, 1.54) is 0 Å². The van der Waals surface area contributed by atoms with Crippen molar-refractivity contribution in [3.63, 3.8) is 0 Å². The quantitative estimate of drug-likeness (QED) is 0.822. The maximum atomic E-state index is 12.0. The number of benzene rings is 1. The van der Waals surface area contributed by atoms with Crippen LogP contribution in [0.25, 0.3) is 0 Å². The maximum Gasteiger partial charge on any atom is 0.214 e. The van der Waals surface area contributed by atoms with Crippen molar-refractivity contribution in [3.05, 3.63) is 33.8 Å². The van der Waals surface area contributed by atoms with Gasteiger partial charge in [0.05, 0.1) is 28.0 Å². The van der Waals surface area contributed by atoms with E-state index in [1.54, 1.807) is 19.9 Å². The first-order chi connectivity index (χ1) is 10.8. The monoisotopic (exact) mass is 380 g/mol. The lowest BCUT2D eigenvalue weighted by atomic mass is 9.93. The molecule has 130 valence electrons. The van der Waals surface area contributed by atoms with Crippen molar-refractivity contribution in [1.29, 1.82) is 0 Å². The summed E-state index contributed by atoms with van der Waals surface area (Å²) in [7, 11) is -3.33. The molecule has 1 saturated heterocycles. The van der Waals surface area contributed by atoms with E-state index in [0.29, 0.717) is 23.2 Å². The van der Waals surface area contributed by atoms with Crippen molar-refractivity contribution in [2.24, 2.45) is 0 Å². The van der Waals surface area contributed by atoms with Crippen LogP contribution in [0.4, 0.5) is 0 Å². The minimum atomic E-state index is -3.33. The van der Waals surface area contributed by atoms with Crippen LogP contribution in [0.3, 0.4) is 0 Å². The van der Waals surface area contributed by atoms with Crippen molar-refractivity contribution in [2.75, 3.05) is 26.2 Å². The Morgan fingerprint density at radius 3 is 2.74 bits per heavy atom. The van der Waals surface area contributed by atoms with E-state index in [2.05, 4.69) is 10.0 Å². The van der Waals surface area contributed by atoms with Gasteiger partial charge in [0, 0.05) is 25.6 Å². The van der Waals surface area contributed by atoms with Crippen LogP contribution in [0.2, 0.25) is 10.0 Å². The molecule has 1 aromatic rings. The smallest absolute Gasteiger partial charge is 0.214 e. The van der Waals surface area contributed by atoms with Crippen molar-refractivity contribution in [1.82, 2.24) is 10.0 Å². The van der Waals surface area contributed by atoms with Gasteiger partial charge >= 0.3 is 0 Å². The van der Waals surface area contributed by atoms with Crippen LogP contribution in [0.1, 0.15) is 25.3 Å². The predicted octanol–water partition coefficient (Wildman–Crippen LogP) is 2.39. The second-order valence-electron chi connectivity index (χ2n) is 5.84. The summed E-state index contributed by atoms with van der Waals surface area (Å²) < 4.78 is 32.5. The molecule has 0 bridgehead atoms. The average molecular weight is 381 g/mol. The van der Waals surface area contributed by atoms with E-state index in [0.717, 1.165) is 12.1 Å². The molecule has 0 aliphatic carbocycles. The molecular formula is C15H22Cl2N2O3S. The first-order valence-corrected chi connectivity index (χ1v) is 9.87. The summed E-state index contributed by atoms with van der Waals surface area (Å²) in [5, 5.41) is 3.80.